The third-order valence-electron chi connectivity index (χ3n) is 4.25. The van der Waals surface area contributed by atoms with Gasteiger partial charge in [-0.25, -0.2) is 0 Å². The highest BCUT2D eigenvalue weighted by molar-refractivity contribution is 5.85. The summed E-state index contributed by atoms with van der Waals surface area (Å²) in [7, 11) is 0. The van der Waals surface area contributed by atoms with E-state index in [1.54, 1.807) is 12.4 Å². The van der Waals surface area contributed by atoms with E-state index in [9.17, 15) is 14.7 Å². The van der Waals surface area contributed by atoms with Crippen LogP contribution in [0.2, 0.25) is 0 Å². The summed E-state index contributed by atoms with van der Waals surface area (Å²) in [5, 5.41) is 12.4. The van der Waals surface area contributed by atoms with Crippen molar-refractivity contribution in [2.24, 2.45) is 5.41 Å². The van der Waals surface area contributed by atoms with E-state index in [0.29, 0.717) is 19.4 Å². The first-order valence-electron chi connectivity index (χ1n) is 7.51. The van der Waals surface area contributed by atoms with Crippen molar-refractivity contribution in [1.29, 1.82) is 0 Å². The van der Waals surface area contributed by atoms with Crippen LogP contribution in [0.4, 0.5) is 0 Å². The van der Waals surface area contributed by atoms with Crippen LogP contribution >= 0.6 is 0 Å². The van der Waals surface area contributed by atoms with Gasteiger partial charge in [0.05, 0.1) is 5.41 Å². The van der Waals surface area contributed by atoms with Gasteiger partial charge in [-0.1, -0.05) is 25.7 Å². The summed E-state index contributed by atoms with van der Waals surface area (Å²) in [5.74, 6) is -1.01. The SMILES string of the molecule is O=C(CC1(C(=O)O)CCCCCC1)NCc1ccncc1. The van der Waals surface area contributed by atoms with E-state index in [-0.39, 0.29) is 12.3 Å². The highest BCUT2D eigenvalue weighted by Gasteiger charge is 2.40. The number of carbonyl (C=O) groups excluding carboxylic acids is 1. The molecule has 0 spiro atoms. The Balaban J connectivity index is 1.93. The maximum absolute atomic E-state index is 12.1. The van der Waals surface area contributed by atoms with Crippen LogP contribution in [-0.2, 0) is 16.1 Å². The summed E-state index contributed by atoms with van der Waals surface area (Å²) in [5.41, 5.74) is 0.0855. The van der Waals surface area contributed by atoms with Gasteiger partial charge in [-0.15, -0.1) is 0 Å². The molecule has 5 nitrogen and oxygen atoms in total. The number of carboxylic acids is 1. The van der Waals surface area contributed by atoms with Gasteiger partial charge in [0, 0.05) is 25.4 Å². The Morgan fingerprint density at radius 1 is 1.14 bits per heavy atom. The van der Waals surface area contributed by atoms with Gasteiger partial charge in [0.25, 0.3) is 0 Å². The van der Waals surface area contributed by atoms with Crippen molar-refractivity contribution in [2.45, 2.75) is 51.5 Å². The Kier molecular flexibility index (Phi) is 5.31. The number of amides is 1. The highest BCUT2D eigenvalue weighted by Crippen LogP contribution is 2.38. The van der Waals surface area contributed by atoms with Crippen LogP contribution in [0.3, 0.4) is 0 Å². The molecule has 1 fully saturated rings. The molecule has 0 radical (unpaired) electrons. The number of hydrogen-bond acceptors (Lipinski definition) is 3. The van der Waals surface area contributed by atoms with Gasteiger partial charge in [-0.3, -0.25) is 14.6 Å². The van der Waals surface area contributed by atoms with E-state index in [0.717, 1.165) is 31.2 Å². The molecule has 1 aromatic heterocycles. The lowest BCUT2D eigenvalue weighted by atomic mass is 9.77. The Morgan fingerprint density at radius 3 is 2.33 bits per heavy atom. The zero-order valence-electron chi connectivity index (χ0n) is 12.2. The first-order chi connectivity index (χ1) is 10.1. The molecule has 0 atom stereocenters. The highest BCUT2D eigenvalue weighted by atomic mass is 16.4. The van der Waals surface area contributed by atoms with Crippen LogP contribution in [0.15, 0.2) is 24.5 Å². The van der Waals surface area contributed by atoms with Gasteiger partial charge >= 0.3 is 5.97 Å². The van der Waals surface area contributed by atoms with Gasteiger partial charge in [-0.05, 0) is 30.5 Å². The molecule has 0 bridgehead atoms. The number of carbonyl (C=O) groups is 2. The summed E-state index contributed by atoms with van der Waals surface area (Å²) in [4.78, 5) is 27.7. The molecule has 2 N–H and O–H groups in total. The number of rotatable bonds is 5. The zero-order valence-corrected chi connectivity index (χ0v) is 12.2. The Labute approximate surface area is 124 Å². The van der Waals surface area contributed by atoms with E-state index in [1.165, 1.54) is 0 Å². The van der Waals surface area contributed by atoms with Crippen molar-refractivity contribution in [3.05, 3.63) is 30.1 Å². The van der Waals surface area contributed by atoms with Crippen LogP contribution < -0.4 is 5.32 Å². The maximum atomic E-state index is 12.1. The maximum Gasteiger partial charge on any atom is 0.310 e. The lowest BCUT2D eigenvalue weighted by molar-refractivity contribution is -0.152. The van der Waals surface area contributed by atoms with E-state index in [4.69, 9.17) is 0 Å². The van der Waals surface area contributed by atoms with E-state index < -0.39 is 11.4 Å². The van der Waals surface area contributed by atoms with E-state index in [2.05, 4.69) is 10.3 Å². The molecule has 1 amide bonds. The van der Waals surface area contributed by atoms with Crippen LogP contribution in [0.5, 0.6) is 0 Å². The van der Waals surface area contributed by atoms with Crippen LogP contribution in [0.25, 0.3) is 0 Å². The minimum atomic E-state index is -0.876. The average molecular weight is 290 g/mol. The van der Waals surface area contributed by atoms with E-state index >= 15 is 0 Å². The number of aromatic nitrogens is 1. The largest absolute Gasteiger partial charge is 0.481 e. The lowest BCUT2D eigenvalue weighted by Gasteiger charge is -2.27. The Hall–Kier alpha value is -1.91. The number of nitrogens with zero attached hydrogens (tertiary/aromatic N) is 1. The standard InChI is InChI=1S/C16H22N2O3/c19-14(18-12-13-5-9-17-10-6-13)11-16(15(20)21)7-3-1-2-4-8-16/h5-6,9-10H,1-4,7-8,11-12H2,(H,18,19)(H,20,21). The number of hydrogen-bond donors (Lipinski definition) is 2. The van der Waals surface area contributed by atoms with E-state index in [1.807, 2.05) is 12.1 Å². The van der Waals surface area contributed by atoms with Crippen molar-refractivity contribution < 1.29 is 14.7 Å². The van der Waals surface area contributed by atoms with Gasteiger partial charge in [0.15, 0.2) is 0 Å². The van der Waals surface area contributed by atoms with Crippen LogP contribution in [0, 0.1) is 5.41 Å². The first kappa shape index (κ1) is 15.5. The third kappa shape index (κ3) is 4.28. The molecule has 1 aliphatic carbocycles. The summed E-state index contributed by atoms with van der Waals surface area (Å²) in [6.45, 7) is 0.414. The van der Waals surface area contributed by atoms with Crippen molar-refractivity contribution in [1.82, 2.24) is 10.3 Å². The van der Waals surface area contributed by atoms with Crippen molar-refractivity contribution in [2.75, 3.05) is 0 Å². The fraction of sp³-hybridized carbons (Fsp3) is 0.562. The Morgan fingerprint density at radius 2 is 1.76 bits per heavy atom. The first-order valence-corrected chi connectivity index (χ1v) is 7.51. The fourth-order valence-corrected chi connectivity index (χ4v) is 2.94. The molecule has 21 heavy (non-hydrogen) atoms. The summed E-state index contributed by atoms with van der Waals surface area (Å²) < 4.78 is 0. The van der Waals surface area contributed by atoms with Crippen molar-refractivity contribution >= 4 is 11.9 Å². The molecule has 0 saturated heterocycles. The fourth-order valence-electron chi connectivity index (χ4n) is 2.94. The number of aliphatic carboxylic acids is 1. The molecule has 1 aromatic rings. The van der Waals surface area contributed by atoms with Gasteiger partial charge in [0.2, 0.25) is 5.91 Å². The predicted molar refractivity (Wildman–Crippen MR) is 78.5 cm³/mol. The quantitative estimate of drug-likeness (QED) is 0.817. The molecule has 2 rings (SSSR count). The van der Waals surface area contributed by atoms with Gasteiger partial charge < -0.3 is 10.4 Å². The molecule has 1 aliphatic rings. The average Bonchev–Trinajstić information content (AvgIpc) is 2.73. The van der Waals surface area contributed by atoms with Gasteiger partial charge in [-0.2, -0.15) is 0 Å². The smallest absolute Gasteiger partial charge is 0.310 e. The summed E-state index contributed by atoms with van der Waals surface area (Å²) in [6, 6.07) is 3.66. The second kappa shape index (κ2) is 7.20. The van der Waals surface area contributed by atoms with Crippen molar-refractivity contribution in [3.8, 4) is 0 Å². The summed E-state index contributed by atoms with van der Waals surface area (Å²) >= 11 is 0. The van der Waals surface area contributed by atoms with Crippen LogP contribution in [-0.4, -0.2) is 22.0 Å². The monoisotopic (exact) mass is 290 g/mol. The normalized spacial score (nSPS) is 17.7. The molecule has 5 heteroatoms. The molecule has 0 aliphatic heterocycles. The number of pyridine rings is 1. The molecular weight excluding hydrogens is 268 g/mol. The molecule has 0 unspecified atom stereocenters. The lowest BCUT2D eigenvalue weighted by Crippen LogP contribution is -2.37. The molecule has 114 valence electrons. The summed E-state index contributed by atoms with van der Waals surface area (Å²) in [6.07, 6.45) is 8.54. The van der Waals surface area contributed by atoms with Gasteiger partial charge in [0.1, 0.15) is 0 Å². The second-order valence-corrected chi connectivity index (χ2v) is 5.81. The Bertz CT molecular complexity index is 480. The predicted octanol–water partition coefficient (Wildman–Crippen LogP) is 2.51. The molecule has 0 aromatic carbocycles. The second-order valence-electron chi connectivity index (χ2n) is 5.81. The van der Waals surface area contributed by atoms with Crippen molar-refractivity contribution in [3.63, 3.8) is 0 Å². The minimum Gasteiger partial charge on any atom is -0.481 e. The molecular formula is C16H22N2O3. The minimum absolute atomic E-state index is 0.0768. The number of carboxylic acid groups (broad SMARTS) is 1. The third-order valence-corrected chi connectivity index (χ3v) is 4.25. The topological polar surface area (TPSA) is 79.3 Å². The number of nitrogens with one attached hydrogen (secondary N) is 1. The molecule has 1 saturated carbocycles. The molecule has 1 heterocycles. The zero-order chi connectivity index (χ0) is 15.1. The van der Waals surface area contributed by atoms with Crippen LogP contribution in [0.1, 0.15) is 50.5 Å².